The largest absolute Gasteiger partial charge is 0.489 e. The van der Waals surface area contributed by atoms with Crippen LogP contribution in [0, 0.1) is 5.92 Å². The molecule has 1 N–H and O–H groups in total. The van der Waals surface area contributed by atoms with Crippen molar-refractivity contribution in [2.75, 3.05) is 19.8 Å². The Labute approximate surface area is 185 Å². The van der Waals surface area contributed by atoms with Gasteiger partial charge in [0.05, 0.1) is 0 Å². The van der Waals surface area contributed by atoms with Crippen LogP contribution in [0.5, 0.6) is 5.75 Å². The highest BCUT2D eigenvalue weighted by atomic mass is 16.6. The molecule has 0 amide bonds. The number of esters is 1. The van der Waals surface area contributed by atoms with Crippen molar-refractivity contribution in [1.82, 2.24) is 0 Å². The van der Waals surface area contributed by atoms with Crippen LogP contribution in [0.4, 0.5) is 0 Å². The van der Waals surface area contributed by atoms with Crippen LogP contribution in [0.25, 0.3) is 11.1 Å². The maximum absolute atomic E-state index is 11.6. The topological polar surface area (TPSA) is 55.8 Å². The minimum Gasteiger partial charge on any atom is -0.489 e. The molecule has 0 bridgehead atoms. The molecule has 2 aromatic carbocycles. The molecule has 0 radical (unpaired) electrons. The maximum atomic E-state index is 11.6. The van der Waals surface area contributed by atoms with Gasteiger partial charge < -0.3 is 14.6 Å². The zero-order valence-electron chi connectivity index (χ0n) is 18.7. The van der Waals surface area contributed by atoms with Gasteiger partial charge in [-0.3, -0.25) is 0 Å². The highest BCUT2D eigenvalue weighted by Gasteiger charge is 2.19. The third-order valence-electron chi connectivity index (χ3n) is 6.08. The number of ether oxygens (including phenoxy) is 2. The maximum Gasteiger partial charge on any atom is 0.333 e. The van der Waals surface area contributed by atoms with Crippen LogP contribution >= 0.6 is 0 Å². The number of benzene rings is 2. The Hall–Kier alpha value is -2.59. The van der Waals surface area contributed by atoms with Crippen LogP contribution in [0.2, 0.25) is 0 Å². The molecule has 166 valence electrons. The van der Waals surface area contributed by atoms with Crippen molar-refractivity contribution in [2.24, 2.45) is 5.92 Å². The summed E-state index contributed by atoms with van der Waals surface area (Å²) in [6, 6.07) is 14.9. The molecule has 31 heavy (non-hydrogen) atoms. The molecule has 0 saturated heterocycles. The zero-order valence-corrected chi connectivity index (χ0v) is 18.7. The first kappa shape index (κ1) is 23.1. The fourth-order valence-electron chi connectivity index (χ4n) is 4.15. The second-order valence-corrected chi connectivity index (χ2v) is 8.65. The summed E-state index contributed by atoms with van der Waals surface area (Å²) in [6.07, 6.45) is 5.74. The second-order valence-electron chi connectivity index (χ2n) is 8.65. The van der Waals surface area contributed by atoms with Gasteiger partial charge in [-0.1, -0.05) is 62.7 Å². The summed E-state index contributed by atoms with van der Waals surface area (Å²) in [5.41, 5.74) is 4.89. The molecule has 0 spiro atoms. The van der Waals surface area contributed by atoms with Crippen molar-refractivity contribution in [2.45, 2.75) is 51.9 Å². The molecule has 0 unspecified atom stereocenters. The number of carbonyl (C=O) groups is 1. The predicted molar refractivity (Wildman–Crippen MR) is 124 cm³/mol. The van der Waals surface area contributed by atoms with Gasteiger partial charge in [-0.25, -0.2) is 4.79 Å². The molecule has 2 aromatic rings. The van der Waals surface area contributed by atoms with E-state index in [-0.39, 0.29) is 19.8 Å². The minimum absolute atomic E-state index is 0.0870. The summed E-state index contributed by atoms with van der Waals surface area (Å²) in [5.74, 6) is 1.83. The normalized spacial score (nSPS) is 18.4. The Bertz CT molecular complexity index is 877. The lowest BCUT2D eigenvalue weighted by Gasteiger charge is -2.26. The molecule has 0 atom stereocenters. The molecule has 4 nitrogen and oxygen atoms in total. The van der Waals surface area contributed by atoms with Crippen molar-refractivity contribution < 1.29 is 19.4 Å². The van der Waals surface area contributed by atoms with E-state index in [0.29, 0.717) is 17.9 Å². The van der Waals surface area contributed by atoms with Crippen molar-refractivity contribution in [3.05, 3.63) is 65.7 Å². The van der Waals surface area contributed by atoms with Crippen molar-refractivity contribution >= 4 is 5.97 Å². The summed E-state index contributed by atoms with van der Waals surface area (Å²) >= 11 is 0. The number of hydrogen-bond acceptors (Lipinski definition) is 4. The third kappa shape index (κ3) is 6.44. The molecule has 1 aliphatic carbocycles. The van der Waals surface area contributed by atoms with E-state index in [0.717, 1.165) is 28.4 Å². The summed E-state index contributed by atoms with van der Waals surface area (Å²) in [4.78, 5) is 11.6. The predicted octanol–water partition coefficient (Wildman–Crippen LogP) is 5.68. The van der Waals surface area contributed by atoms with E-state index >= 15 is 0 Å². The van der Waals surface area contributed by atoms with E-state index in [1.54, 1.807) is 6.92 Å². The van der Waals surface area contributed by atoms with Crippen LogP contribution in [0.15, 0.2) is 54.6 Å². The van der Waals surface area contributed by atoms with Crippen LogP contribution in [-0.4, -0.2) is 30.9 Å². The quantitative estimate of drug-likeness (QED) is 0.321. The van der Waals surface area contributed by atoms with E-state index in [9.17, 15) is 9.90 Å². The summed E-state index contributed by atoms with van der Waals surface area (Å²) in [7, 11) is 0. The van der Waals surface area contributed by atoms with E-state index in [1.807, 2.05) is 18.2 Å². The number of hydrogen-bond donors (Lipinski definition) is 1. The fraction of sp³-hybridized carbons (Fsp3) is 0.444. The van der Waals surface area contributed by atoms with Crippen LogP contribution < -0.4 is 4.74 Å². The van der Waals surface area contributed by atoms with Gasteiger partial charge in [-0.05, 0) is 60.8 Å². The Balaban J connectivity index is 1.73. The summed E-state index contributed by atoms with van der Waals surface area (Å²) in [5, 5.41) is 9.29. The Morgan fingerprint density at radius 3 is 2.42 bits per heavy atom. The number of rotatable bonds is 9. The smallest absolute Gasteiger partial charge is 0.333 e. The number of aliphatic hydroxyl groups excluding tert-OH is 1. The van der Waals surface area contributed by atoms with E-state index in [1.165, 1.54) is 31.2 Å². The van der Waals surface area contributed by atoms with Crippen molar-refractivity contribution in [3.63, 3.8) is 0 Å². The minimum atomic E-state index is -0.412. The van der Waals surface area contributed by atoms with Crippen LogP contribution in [-0.2, 0) is 16.0 Å². The second kappa shape index (κ2) is 11.1. The average molecular weight is 423 g/mol. The molecule has 3 rings (SSSR count). The van der Waals surface area contributed by atoms with Gasteiger partial charge in [0.15, 0.2) is 0 Å². The highest BCUT2D eigenvalue weighted by molar-refractivity contribution is 5.86. The van der Waals surface area contributed by atoms with E-state index in [4.69, 9.17) is 9.47 Å². The molecule has 1 aliphatic rings. The highest BCUT2D eigenvalue weighted by Crippen LogP contribution is 2.37. The van der Waals surface area contributed by atoms with Crippen molar-refractivity contribution in [1.29, 1.82) is 0 Å². The van der Waals surface area contributed by atoms with Crippen LogP contribution in [0.1, 0.15) is 56.6 Å². The molecule has 4 heteroatoms. The molecule has 1 fully saturated rings. The number of carbonyl (C=O) groups excluding carboxylic acids is 1. The monoisotopic (exact) mass is 422 g/mol. The third-order valence-corrected chi connectivity index (χ3v) is 6.08. The van der Waals surface area contributed by atoms with Gasteiger partial charge in [-0.15, -0.1) is 0 Å². The van der Waals surface area contributed by atoms with Gasteiger partial charge in [0.2, 0.25) is 0 Å². The number of aliphatic hydroxyl groups is 1. The van der Waals surface area contributed by atoms with Crippen LogP contribution in [0.3, 0.4) is 0 Å². The van der Waals surface area contributed by atoms with Gasteiger partial charge in [0.25, 0.3) is 0 Å². The van der Waals surface area contributed by atoms with Crippen molar-refractivity contribution in [3.8, 4) is 16.9 Å². The SMILES string of the molecule is C=C(C)C(=O)OCCOc1cc(CCO)ccc1-c1ccc(C2CCC(C)CC2)cc1. The molecule has 0 heterocycles. The lowest BCUT2D eigenvalue weighted by atomic mass is 9.79. The fourth-order valence-corrected chi connectivity index (χ4v) is 4.15. The average Bonchev–Trinajstić information content (AvgIpc) is 2.77. The molecule has 0 aromatic heterocycles. The lowest BCUT2D eigenvalue weighted by molar-refractivity contribution is -0.139. The first-order valence-electron chi connectivity index (χ1n) is 11.3. The Morgan fingerprint density at radius 1 is 1.06 bits per heavy atom. The summed E-state index contributed by atoms with van der Waals surface area (Å²) < 4.78 is 11.1. The standard InChI is InChI=1S/C27H34O4/c1-19(2)27(29)31-17-16-30-26-18-21(14-15-28)6-13-25(26)24-11-9-23(10-12-24)22-7-4-20(3)5-8-22/h6,9-13,18,20,22,28H,1,4-5,7-8,14-17H2,2-3H3. The first-order chi connectivity index (χ1) is 15.0. The van der Waals surface area contributed by atoms with Gasteiger partial charge >= 0.3 is 5.97 Å². The van der Waals surface area contributed by atoms with E-state index in [2.05, 4.69) is 37.8 Å². The first-order valence-corrected chi connectivity index (χ1v) is 11.3. The Kier molecular flexibility index (Phi) is 8.30. The Morgan fingerprint density at radius 2 is 1.77 bits per heavy atom. The molecular weight excluding hydrogens is 388 g/mol. The van der Waals surface area contributed by atoms with Gasteiger partial charge in [-0.2, -0.15) is 0 Å². The van der Waals surface area contributed by atoms with E-state index < -0.39 is 5.97 Å². The summed E-state index contributed by atoms with van der Waals surface area (Å²) in [6.45, 7) is 8.06. The van der Waals surface area contributed by atoms with Gasteiger partial charge in [0.1, 0.15) is 19.0 Å². The molecular formula is C27H34O4. The lowest BCUT2D eigenvalue weighted by Crippen LogP contribution is -2.13. The molecule has 0 aliphatic heterocycles. The molecule has 1 saturated carbocycles. The zero-order chi connectivity index (χ0) is 22.2. The van der Waals surface area contributed by atoms with Gasteiger partial charge in [0, 0.05) is 17.7 Å².